The Bertz CT molecular complexity index is 1030. The molecule has 2 heterocycles. The Balaban J connectivity index is 1.79. The number of anilines is 1. The highest BCUT2D eigenvalue weighted by atomic mass is 79.9. The van der Waals surface area contributed by atoms with Crippen molar-refractivity contribution in [2.75, 3.05) is 19.0 Å². The lowest BCUT2D eigenvalue weighted by Crippen LogP contribution is -2.28. The fourth-order valence-electron chi connectivity index (χ4n) is 2.89. The maximum Gasteiger partial charge on any atom is 0.348 e. The molecule has 1 amide bonds. The number of ether oxygens (including phenoxy) is 2. The third-order valence-corrected chi connectivity index (χ3v) is 6.03. The number of rotatable bonds is 6. The van der Waals surface area contributed by atoms with Crippen LogP contribution in [0, 0.1) is 6.92 Å². The number of halogens is 1. The summed E-state index contributed by atoms with van der Waals surface area (Å²) in [6, 6.07) is 7.51. The van der Waals surface area contributed by atoms with Crippen molar-refractivity contribution >= 4 is 55.8 Å². The fraction of sp³-hybridized carbons (Fsp3) is 0.300. The molecule has 10 heteroatoms. The average molecular weight is 495 g/mol. The van der Waals surface area contributed by atoms with Gasteiger partial charge in [0, 0.05) is 16.5 Å². The molecular formula is C20H19BrN2O6S. The average Bonchev–Trinajstić information content (AvgIpc) is 3.33. The number of nitrogens with zero attached hydrogens (tertiary/aromatic N) is 1. The van der Waals surface area contributed by atoms with E-state index in [4.69, 9.17) is 14.3 Å². The van der Waals surface area contributed by atoms with Crippen molar-refractivity contribution in [3.63, 3.8) is 0 Å². The molecule has 0 saturated carbocycles. The Hall–Kier alpha value is -2.72. The van der Waals surface area contributed by atoms with E-state index in [0.29, 0.717) is 11.3 Å². The minimum absolute atomic E-state index is 0.127. The summed E-state index contributed by atoms with van der Waals surface area (Å²) in [5, 5.41) is 6.90. The summed E-state index contributed by atoms with van der Waals surface area (Å²) >= 11 is 4.36. The molecule has 1 aliphatic rings. The van der Waals surface area contributed by atoms with Gasteiger partial charge in [-0.2, -0.15) is 0 Å². The molecule has 3 rings (SSSR count). The van der Waals surface area contributed by atoms with E-state index in [9.17, 15) is 14.4 Å². The molecule has 0 bridgehead atoms. The van der Waals surface area contributed by atoms with Crippen LogP contribution < -0.4 is 5.32 Å². The fourth-order valence-corrected chi connectivity index (χ4v) is 4.40. The molecular weight excluding hydrogens is 476 g/mol. The van der Waals surface area contributed by atoms with Gasteiger partial charge in [-0.1, -0.05) is 33.2 Å². The standard InChI is InChI=1S/C20H19BrN2O6S/c1-4-28-19(25)15-10(2)16(20(26)27-3)30-18(15)22-17(24)14-9-13(23-29-14)11-6-5-7-12(21)8-11/h5-8,14H,4,9H2,1-3H3,(H,22,24)/t14-/m1/s1. The third kappa shape index (κ3) is 4.54. The minimum atomic E-state index is -0.863. The van der Waals surface area contributed by atoms with Gasteiger partial charge in [0.1, 0.15) is 9.88 Å². The SMILES string of the molecule is CCOC(=O)c1c(NC(=O)[C@H]2CC(c3cccc(Br)c3)=NO2)sc(C(=O)OC)c1C. The first-order valence-corrected chi connectivity index (χ1v) is 10.6. The van der Waals surface area contributed by atoms with Gasteiger partial charge in [0.15, 0.2) is 0 Å². The van der Waals surface area contributed by atoms with Crippen molar-refractivity contribution in [1.29, 1.82) is 0 Å². The number of methoxy groups -OCH3 is 1. The number of nitrogens with one attached hydrogen (secondary N) is 1. The predicted octanol–water partition coefficient (Wildman–Crippen LogP) is 3.91. The van der Waals surface area contributed by atoms with Crippen LogP contribution in [0.4, 0.5) is 5.00 Å². The maximum atomic E-state index is 12.8. The van der Waals surface area contributed by atoms with E-state index in [0.717, 1.165) is 21.4 Å². The Kier molecular flexibility index (Phi) is 6.88. The second-order valence-corrected chi connectivity index (χ2v) is 8.24. The maximum absolute atomic E-state index is 12.8. The molecule has 0 unspecified atom stereocenters. The molecule has 0 fully saturated rings. The molecule has 2 aromatic rings. The molecule has 1 aromatic heterocycles. The summed E-state index contributed by atoms with van der Waals surface area (Å²) in [5.74, 6) is -1.71. The number of hydrogen-bond acceptors (Lipinski definition) is 8. The summed E-state index contributed by atoms with van der Waals surface area (Å²) in [4.78, 5) is 42.7. The summed E-state index contributed by atoms with van der Waals surface area (Å²) < 4.78 is 10.7. The quantitative estimate of drug-likeness (QED) is 0.610. The van der Waals surface area contributed by atoms with Crippen LogP contribution in [0.3, 0.4) is 0 Å². The van der Waals surface area contributed by atoms with Gasteiger partial charge >= 0.3 is 11.9 Å². The van der Waals surface area contributed by atoms with Crippen LogP contribution in [0.25, 0.3) is 0 Å². The van der Waals surface area contributed by atoms with Crippen LogP contribution in [-0.4, -0.2) is 43.4 Å². The van der Waals surface area contributed by atoms with Crippen LogP contribution in [0.5, 0.6) is 0 Å². The van der Waals surface area contributed by atoms with E-state index < -0.39 is 23.9 Å². The number of hydrogen-bond donors (Lipinski definition) is 1. The second kappa shape index (κ2) is 9.40. The van der Waals surface area contributed by atoms with Gasteiger partial charge < -0.3 is 19.6 Å². The summed E-state index contributed by atoms with van der Waals surface area (Å²) in [7, 11) is 1.25. The Morgan fingerprint density at radius 1 is 1.33 bits per heavy atom. The van der Waals surface area contributed by atoms with Gasteiger partial charge in [-0.05, 0) is 31.5 Å². The Morgan fingerprint density at radius 3 is 2.77 bits per heavy atom. The first-order chi connectivity index (χ1) is 14.3. The van der Waals surface area contributed by atoms with Gasteiger partial charge in [-0.3, -0.25) is 4.79 Å². The van der Waals surface area contributed by atoms with Gasteiger partial charge in [0.05, 0.1) is 25.0 Å². The molecule has 0 spiro atoms. The molecule has 1 aromatic carbocycles. The summed E-state index contributed by atoms with van der Waals surface area (Å²) in [6.45, 7) is 3.43. The number of thiophene rings is 1. The van der Waals surface area contributed by atoms with E-state index in [1.165, 1.54) is 7.11 Å². The van der Waals surface area contributed by atoms with Crippen LogP contribution in [0.2, 0.25) is 0 Å². The zero-order valence-electron chi connectivity index (χ0n) is 16.5. The lowest BCUT2D eigenvalue weighted by atomic mass is 10.0. The lowest BCUT2D eigenvalue weighted by molar-refractivity contribution is -0.125. The van der Waals surface area contributed by atoms with Gasteiger partial charge in [0.2, 0.25) is 6.10 Å². The predicted molar refractivity (Wildman–Crippen MR) is 115 cm³/mol. The summed E-state index contributed by atoms with van der Waals surface area (Å²) in [5.41, 5.74) is 1.99. The van der Waals surface area contributed by atoms with E-state index >= 15 is 0 Å². The van der Waals surface area contributed by atoms with Crippen LogP contribution in [0.15, 0.2) is 33.9 Å². The number of benzene rings is 1. The van der Waals surface area contributed by atoms with Crippen LogP contribution in [-0.2, 0) is 19.1 Å². The molecule has 1 aliphatic heterocycles. The van der Waals surface area contributed by atoms with Crippen molar-refractivity contribution in [2.24, 2.45) is 5.16 Å². The topological polar surface area (TPSA) is 103 Å². The molecule has 0 aliphatic carbocycles. The second-order valence-electron chi connectivity index (χ2n) is 6.31. The third-order valence-electron chi connectivity index (χ3n) is 4.35. The van der Waals surface area contributed by atoms with Crippen LogP contribution >= 0.6 is 27.3 Å². The zero-order valence-corrected chi connectivity index (χ0v) is 18.9. The van der Waals surface area contributed by atoms with Crippen molar-refractivity contribution in [3.8, 4) is 0 Å². The van der Waals surface area contributed by atoms with E-state index in [1.807, 2.05) is 24.3 Å². The number of carbonyl (C=O) groups is 3. The van der Waals surface area contributed by atoms with Crippen molar-refractivity contribution in [1.82, 2.24) is 0 Å². The summed E-state index contributed by atoms with van der Waals surface area (Å²) in [6.07, 6.45) is -0.594. The first-order valence-electron chi connectivity index (χ1n) is 9.04. The molecule has 0 saturated heterocycles. The van der Waals surface area contributed by atoms with Gasteiger partial charge in [0.25, 0.3) is 5.91 Å². The monoisotopic (exact) mass is 494 g/mol. The molecule has 0 radical (unpaired) electrons. The number of amides is 1. The van der Waals surface area contributed by atoms with Crippen molar-refractivity contribution in [2.45, 2.75) is 26.4 Å². The highest BCUT2D eigenvalue weighted by molar-refractivity contribution is 9.10. The largest absolute Gasteiger partial charge is 0.465 e. The lowest BCUT2D eigenvalue weighted by Gasteiger charge is -2.10. The van der Waals surface area contributed by atoms with Crippen LogP contribution in [0.1, 0.15) is 44.5 Å². The highest BCUT2D eigenvalue weighted by Crippen LogP contribution is 2.35. The minimum Gasteiger partial charge on any atom is -0.465 e. The number of oxime groups is 1. The normalized spacial score (nSPS) is 15.2. The van der Waals surface area contributed by atoms with Gasteiger partial charge in [-0.15, -0.1) is 11.3 Å². The van der Waals surface area contributed by atoms with E-state index in [1.54, 1.807) is 13.8 Å². The Labute approximate surface area is 185 Å². The molecule has 1 atom stereocenters. The zero-order chi connectivity index (χ0) is 21.8. The number of esters is 2. The van der Waals surface area contributed by atoms with E-state index in [-0.39, 0.29) is 28.5 Å². The Morgan fingerprint density at radius 2 is 2.10 bits per heavy atom. The van der Waals surface area contributed by atoms with Crippen molar-refractivity contribution in [3.05, 3.63) is 50.3 Å². The smallest absolute Gasteiger partial charge is 0.348 e. The molecule has 1 N–H and O–H groups in total. The van der Waals surface area contributed by atoms with Gasteiger partial charge in [-0.25, -0.2) is 9.59 Å². The molecule has 30 heavy (non-hydrogen) atoms. The molecule has 158 valence electrons. The molecule has 8 nitrogen and oxygen atoms in total. The first kappa shape index (κ1) is 22.0. The highest BCUT2D eigenvalue weighted by Gasteiger charge is 2.32. The van der Waals surface area contributed by atoms with Crippen molar-refractivity contribution < 1.29 is 28.7 Å². The number of carbonyl (C=O) groups excluding carboxylic acids is 3. The van der Waals surface area contributed by atoms with E-state index in [2.05, 4.69) is 26.4 Å².